The predicted molar refractivity (Wildman–Crippen MR) is 64.9 cm³/mol. The second-order valence-corrected chi connectivity index (χ2v) is 5.45. The van der Waals surface area contributed by atoms with E-state index in [-0.39, 0.29) is 30.3 Å². The number of carbonyl (C=O) groups is 2. The summed E-state index contributed by atoms with van der Waals surface area (Å²) in [4.78, 5) is 21.9. The Morgan fingerprint density at radius 3 is 2.29 bits per heavy atom. The number of rotatable bonds is 6. The van der Waals surface area contributed by atoms with Crippen molar-refractivity contribution in [2.75, 3.05) is 6.54 Å². The van der Waals surface area contributed by atoms with Gasteiger partial charge in [-0.1, -0.05) is 20.8 Å². The van der Waals surface area contributed by atoms with Crippen LogP contribution in [0.15, 0.2) is 0 Å². The van der Waals surface area contributed by atoms with Crippen LogP contribution >= 0.6 is 0 Å². The standard InChI is InChI=1S/C11H23N3O3/c1-11(2,3)5-7(12)4-9(16)14-6-8(15)10(13)17/h7-8,15H,4-6,12H2,1-3H3,(H2,13,17)(H,14,16). The van der Waals surface area contributed by atoms with E-state index in [1.165, 1.54) is 0 Å². The Bertz CT molecular complexity index is 274. The molecule has 0 aliphatic carbocycles. The van der Waals surface area contributed by atoms with Gasteiger partial charge in [-0.3, -0.25) is 9.59 Å². The maximum atomic E-state index is 11.4. The third-order valence-electron chi connectivity index (χ3n) is 2.14. The van der Waals surface area contributed by atoms with Gasteiger partial charge in [0.05, 0.1) is 6.54 Å². The normalized spacial score (nSPS) is 15.1. The van der Waals surface area contributed by atoms with Crippen molar-refractivity contribution in [3.63, 3.8) is 0 Å². The summed E-state index contributed by atoms with van der Waals surface area (Å²) in [5.74, 6) is -1.15. The molecule has 0 heterocycles. The molecule has 0 aromatic rings. The maximum absolute atomic E-state index is 11.4. The molecular formula is C11H23N3O3. The van der Waals surface area contributed by atoms with E-state index < -0.39 is 12.0 Å². The van der Waals surface area contributed by atoms with Gasteiger partial charge in [-0.25, -0.2) is 0 Å². The number of amides is 2. The first-order valence-electron chi connectivity index (χ1n) is 5.61. The van der Waals surface area contributed by atoms with E-state index in [2.05, 4.69) is 5.32 Å². The van der Waals surface area contributed by atoms with Crippen LogP contribution in [-0.4, -0.2) is 35.6 Å². The van der Waals surface area contributed by atoms with E-state index in [4.69, 9.17) is 16.6 Å². The molecule has 0 fully saturated rings. The first-order valence-corrected chi connectivity index (χ1v) is 5.61. The molecule has 0 aromatic carbocycles. The lowest BCUT2D eigenvalue weighted by molar-refractivity contribution is -0.127. The summed E-state index contributed by atoms with van der Waals surface area (Å²) in [6, 6.07) is -0.235. The lowest BCUT2D eigenvalue weighted by atomic mass is 9.87. The number of carbonyl (C=O) groups excluding carboxylic acids is 2. The molecule has 100 valence electrons. The van der Waals surface area contributed by atoms with Crippen LogP contribution in [0.4, 0.5) is 0 Å². The fraction of sp³-hybridized carbons (Fsp3) is 0.818. The van der Waals surface area contributed by atoms with Crippen molar-refractivity contribution in [3.8, 4) is 0 Å². The topological polar surface area (TPSA) is 118 Å². The first kappa shape index (κ1) is 15.9. The molecule has 0 saturated carbocycles. The molecule has 6 heteroatoms. The zero-order valence-electron chi connectivity index (χ0n) is 10.7. The molecular weight excluding hydrogens is 222 g/mol. The van der Waals surface area contributed by atoms with Crippen LogP contribution < -0.4 is 16.8 Å². The molecule has 2 atom stereocenters. The molecule has 0 aliphatic heterocycles. The van der Waals surface area contributed by atoms with Crippen LogP contribution in [0.3, 0.4) is 0 Å². The Hall–Kier alpha value is -1.14. The SMILES string of the molecule is CC(C)(C)CC(N)CC(=O)NCC(O)C(N)=O. The van der Waals surface area contributed by atoms with Gasteiger partial charge in [-0.05, 0) is 11.8 Å². The lowest BCUT2D eigenvalue weighted by Crippen LogP contribution is -2.41. The molecule has 0 radical (unpaired) electrons. The van der Waals surface area contributed by atoms with Crippen LogP contribution in [-0.2, 0) is 9.59 Å². The number of hydrogen-bond donors (Lipinski definition) is 4. The molecule has 0 rings (SSSR count). The smallest absolute Gasteiger partial charge is 0.248 e. The van der Waals surface area contributed by atoms with Crippen LogP contribution in [0.5, 0.6) is 0 Å². The fourth-order valence-electron chi connectivity index (χ4n) is 1.48. The summed E-state index contributed by atoms with van der Waals surface area (Å²) in [5.41, 5.74) is 10.7. The van der Waals surface area contributed by atoms with Gasteiger partial charge in [0.2, 0.25) is 11.8 Å². The Morgan fingerprint density at radius 2 is 1.88 bits per heavy atom. The van der Waals surface area contributed by atoms with Crippen molar-refractivity contribution in [3.05, 3.63) is 0 Å². The Labute approximate surface area is 102 Å². The minimum absolute atomic E-state index is 0.0619. The first-order chi connectivity index (χ1) is 7.61. The van der Waals surface area contributed by atoms with Gasteiger partial charge >= 0.3 is 0 Å². The Kier molecular flexibility index (Phi) is 6.12. The molecule has 0 aliphatic rings. The summed E-state index contributed by atoms with van der Waals surface area (Å²) >= 11 is 0. The van der Waals surface area contributed by atoms with Crippen molar-refractivity contribution < 1.29 is 14.7 Å². The number of aliphatic hydroxyl groups is 1. The zero-order chi connectivity index (χ0) is 13.6. The molecule has 6 N–H and O–H groups in total. The van der Waals surface area contributed by atoms with Crippen LogP contribution in [0, 0.1) is 5.41 Å². The van der Waals surface area contributed by atoms with Crippen molar-refractivity contribution in [2.24, 2.45) is 16.9 Å². The van der Waals surface area contributed by atoms with E-state index in [1.54, 1.807) is 0 Å². The number of aliphatic hydroxyl groups excluding tert-OH is 1. The highest BCUT2D eigenvalue weighted by Gasteiger charge is 2.19. The van der Waals surface area contributed by atoms with Crippen molar-refractivity contribution >= 4 is 11.8 Å². The molecule has 2 amide bonds. The van der Waals surface area contributed by atoms with Crippen LogP contribution in [0.2, 0.25) is 0 Å². The second kappa shape index (κ2) is 6.56. The van der Waals surface area contributed by atoms with E-state index in [1.807, 2.05) is 20.8 Å². The zero-order valence-corrected chi connectivity index (χ0v) is 10.7. The maximum Gasteiger partial charge on any atom is 0.248 e. The summed E-state index contributed by atoms with van der Waals surface area (Å²) < 4.78 is 0. The lowest BCUT2D eigenvalue weighted by Gasteiger charge is -2.22. The van der Waals surface area contributed by atoms with Crippen molar-refractivity contribution in [1.82, 2.24) is 5.32 Å². The summed E-state index contributed by atoms with van der Waals surface area (Å²) in [5, 5.41) is 11.5. The highest BCUT2D eigenvalue weighted by molar-refractivity contribution is 5.81. The number of primary amides is 1. The van der Waals surface area contributed by atoms with Gasteiger partial charge < -0.3 is 21.9 Å². The summed E-state index contributed by atoms with van der Waals surface area (Å²) in [6.07, 6.45) is -0.459. The van der Waals surface area contributed by atoms with Gasteiger partial charge in [-0.15, -0.1) is 0 Å². The van der Waals surface area contributed by atoms with Crippen molar-refractivity contribution in [1.29, 1.82) is 0 Å². The van der Waals surface area contributed by atoms with Crippen LogP contribution in [0.1, 0.15) is 33.6 Å². The van der Waals surface area contributed by atoms with E-state index >= 15 is 0 Å². The third kappa shape index (κ3) is 8.65. The quantitative estimate of drug-likeness (QED) is 0.485. The second-order valence-electron chi connectivity index (χ2n) is 5.45. The molecule has 0 saturated heterocycles. The summed E-state index contributed by atoms with van der Waals surface area (Å²) in [6.45, 7) is 5.96. The molecule has 0 spiro atoms. The molecule has 6 nitrogen and oxygen atoms in total. The third-order valence-corrected chi connectivity index (χ3v) is 2.14. The van der Waals surface area contributed by atoms with E-state index in [0.717, 1.165) is 6.42 Å². The molecule has 0 aromatic heterocycles. The molecule has 2 unspecified atom stereocenters. The van der Waals surface area contributed by atoms with Gasteiger partial charge in [0.1, 0.15) is 6.10 Å². The number of nitrogens with two attached hydrogens (primary N) is 2. The average Bonchev–Trinajstić information content (AvgIpc) is 2.10. The Balaban J connectivity index is 3.90. The highest BCUT2D eigenvalue weighted by Crippen LogP contribution is 2.20. The van der Waals surface area contributed by atoms with E-state index in [0.29, 0.717) is 0 Å². The van der Waals surface area contributed by atoms with Crippen LogP contribution in [0.25, 0.3) is 0 Å². The van der Waals surface area contributed by atoms with E-state index in [9.17, 15) is 9.59 Å². The molecule has 17 heavy (non-hydrogen) atoms. The number of hydrogen-bond acceptors (Lipinski definition) is 4. The monoisotopic (exact) mass is 245 g/mol. The minimum atomic E-state index is -1.35. The molecule has 0 bridgehead atoms. The largest absolute Gasteiger partial charge is 0.381 e. The fourth-order valence-corrected chi connectivity index (χ4v) is 1.48. The average molecular weight is 245 g/mol. The number of nitrogens with one attached hydrogen (secondary N) is 1. The highest BCUT2D eigenvalue weighted by atomic mass is 16.3. The predicted octanol–water partition coefficient (Wildman–Crippen LogP) is -0.898. The summed E-state index contributed by atoms with van der Waals surface area (Å²) in [7, 11) is 0. The van der Waals surface area contributed by atoms with Gasteiger partial charge in [0, 0.05) is 12.5 Å². The van der Waals surface area contributed by atoms with Gasteiger partial charge in [-0.2, -0.15) is 0 Å². The minimum Gasteiger partial charge on any atom is -0.381 e. The van der Waals surface area contributed by atoms with Gasteiger partial charge in [0.15, 0.2) is 0 Å². The Morgan fingerprint density at radius 1 is 1.35 bits per heavy atom. The van der Waals surface area contributed by atoms with Gasteiger partial charge in [0.25, 0.3) is 0 Å². The van der Waals surface area contributed by atoms with Crippen molar-refractivity contribution in [2.45, 2.75) is 45.8 Å².